The summed E-state index contributed by atoms with van der Waals surface area (Å²) in [5.74, 6) is -0.632. The molecular formula is C34H40Br2N2O9S. The summed E-state index contributed by atoms with van der Waals surface area (Å²) in [7, 11) is -4.72. The quantitative estimate of drug-likeness (QED) is 0.144. The van der Waals surface area contributed by atoms with E-state index in [1.807, 2.05) is 24.3 Å². The van der Waals surface area contributed by atoms with Crippen LogP contribution in [0.5, 0.6) is 5.75 Å². The van der Waals surface area contributed by atoms with Gasteiger partial charge in [-0.25, -0.2) is 22.8 Å². The number of carbonyl (C=O) groups excluding carboxylic acids is 3. The van der Waals surface area contributed by atoms with Crippen LogP contribution in [0.2, 0.25) is 0 Å². The lowest BCUT2D eigenvalue weighted by atomic mass is 10.1. The summed E-state index contributed by atoms with van der Waals surface area (Å²) in [4.78, 5) is 39.3. The molecule has 0 aromatic heterocycles. The second kappa shape index (κ2) is 16.7. The lowest BCUT2D eigenvalue weighted by molar-refractivity contribution is -0.159. The fraction of sp³-hybridized carbons (Fsp3) is 0.382. The van der Waals surface area contributed by atoms with Crippen LogP contribution in [0.4, 0.5) is 9.59 Å². The zero-order valence-electron chi connectivity index (χ0n) is 27.6. The number of nitrogens with one attached hydrogen (secondary N) is 1. The minimum atomic E-state index is -4.72. The van der Waals surface area contributed by atoms with Crippen LogP contribution >= 0.6 is 31.9 Å². The van der Waals surface area contributed by atoms with Crippen LogP contribution < -0.4 is 10.1 Å². The van der Waals surface area contributed by atoms with Gasteiger partial charge in [0.15, 0.2) is 6.04 Å². The Morgan fingerprint density at radius 2 is 1.38 bits per heavy atom. The third kappa shape index (κ3) is 12.4. The van der Waals surface area contributed by atoms with E-state index in [4.69, 9.17) is 18.9 Å². The molecule has 2 amide bonds. The molecule has 3 rings (SSSR count). The van der Waals surface area contributed by atoms with E-state index in [9.17, 15) is 22.8 Å². The monoisotopic (exact) mass is 810 g/mol. The van der Waals surface area contributed by atoms with Crippen molar-refractivity contribution in [2.75, 3.05) is 6.54 Å². The average Bonchev–Trinajstić information content (AvgIpc) is 2.97. The predicted octanol–water partition coefficient (Wildman–Crippen LogP) is 7.74. The third-order valence-electron chi connectivity index (χ3n) is 6.14. The van der Waals surface area contributed by atoms with Crippen molar-refractivity contribution < 1.29 is 41.7 Å². The van der Waals surface area contributed by atoms with E-state index < -0.39 is 45.4 Å². The first-order valence-corrected chi connectivity index (χ1v) is 18.0. The molecule has 260 valence electrons. The zero-order valence-corrected chi connectivity index (χ0v) is 31.6. The molecular weight excluding hydrogens is 772 g/mol. The van der Waals surface area contributed by atoms with Gasteiger partial charge in [-0.15, -0.1) is 0 Å². The Labute approximate surface area is 298 Å². The second-order valence-electron chi connectivity index (χ2n) is 12.6. The summed E-state index contributed by atoms with van der Waals surface area (Å²) in [5, 5.41) is 2.51. The topological polar surface area (TPSA) is 138 Å². The summed E-state index contributed by atoms with van der Waals surface area (Å²) in [5.41, 5.74) is -0.507. The normalized spacial score (nSPS) is 12.4. The molecule has 0 heterocycles. The number of hydrogen-bond acceptors (Lipinski definition) is 9. The van der Waals surface area contributed by atoms with Crippen molar-refractivity contribution in [3.05, 3.63) is 92.9 Å². The fourth-order valence-corrected chi connectivity index (χ4v) is 7.02. The standard InChI is InChI=1S/C34H40Br2N2O9S/c1-33(2,3)46-30(39)29(16-17-37-31(40)45-21-23-10-8-7-9-11-23)38(32(41)47-34(4,5)6)48(42,43)28-14-12-27(13-15-28)44-22-24-18-25(35)20-26(36)19-24/h7-15,18-20,29H,16-17,21-22H2,1-6H3,(H,37,40)/t29-/m1/s1. The maximum atomic E-state index is 14.1. The van der Waals surface area contributed by atoms with Gasteiger partial charge in [0.1, 0.15) is 30.2 Å². The summed E-state index contributed by atoms with van der Waals surface area (Å²) in [6, 6.07) is 18.4. The molecule has 0 fully saturated rings. The SMILES string of the molecule is CC(C)(C)OC(=O)[C@@H](CCNC(=O)OCc1ccccc1)N(C(=O)OC(C)(C)C)S(=O)(=O)c1ccc(OCc2cc(Br)cc(Br)c2)cc1. The van der Waals surface area contributed by atoms with Crippen LogP contribution in [-0.4, -0.2) is 54.7 Å². The van der Waals surface area contributed by atoms with Gasteiger partial charge in [0.2, 0.25) is 0 Å². The number of nitrogens with zero attached hydrogens (tertiary/aromatic N) is 1. The first-order valence-electron chi connectivity index (χ1n) is 15.0. The van der Waals surface area contributed by atoms with Gasteiger partial charge in [-0.05, 0) is 102 Å². The molecule has 1 N–H and O–H groups in total. The Balaban J connectivity index is 1.87. The van der Waals surface area contributed by atoms with Crippen LogP contribution in [-0.2, 0) is 42.2 Å². The third-order valence-corrected chi connectivity index (χ3v) is 8.85. The van der Waals surface area contributed by atoms with Crippen LogP contribution in [0.1, 0.15) is 59.1 Å². The molecule has 48 heavy (non-hydrogen) atoms. The molecule has 0 radical (unpaired) electrons. The Morgan fingerprint density at radius 1 is 0.792 bits per heavy atom. The lowest BCUT2D eigenvalue weighted by Gasteiger charge is -2.33. The van der Waals surface area contributed by atoms with Crippen molar-refractivity contribution >= 4 is 60.0 Å². The number of halogens is 2. The van der Waals surface area contributed by atoms with E-state index in [-0.39, 0.29) is 31.1 Å². The molecule has 0 aliphatic heterocycles. The second-order valence-corrected chi connectivity index (χ2v) is 16.3. The number of benzene rings is 3. The first-order chi connectivity index (χ1) is 22.3. The van der Waals surface area contributed by atoms with Crippen LogP contribution in [0.15, 0.2) is 86.6 Å². The lowest BCUT2D eigenvalue weighted by Crippen LogP contribution is -2.52. The van der Waals surface area contributed by atoms with E-state index in [0.29, 0.717) is 10.1 Å². The summed E-state index contributed by atoms with van der Waals surface area (Å²) < 4.78 is 52.5. The number of carbonyl (C=O) groups is 3. The zero-order chi connectivity index (χ0) is 35.7. The van der Waals surface area contributed by atoms with E-state index >= 15 is 0 Å². The maximum Gasteiger partial charge on any atom is 0.425 e. The number of alkyl carbamates (subject to hydrolysis) is 1. The van der Waals surface area contributed by atoms with E-state index in [2.05, 4.69) is 37.2 Å². The molecule has 14 heteroatoms. The summed E-state index contributed by atoms with van der Waals surface area (Å²) >= 11 is 6.87. The van der Waals surface area contributed by atoms with E-state index in [0.717, 1.165) is 20.1 Å². The molecule has 0 saturated heterocycles. The van der Waals surface area contributed by atoms with Gasteiger partial charge in [0.05, 0.1) is 4.90 Å². The number of hydrogen-bond donors (Lipinski definition) is 1. The molecule has 0 unspecified atom stereocenters. The van der Waals surface area contributed by atoms with Gasteiger partial charge in [-0.2, -0.15) is 4.31 Å². The first kappa shape index (κ1) is 38.8. The van der Waals surface area contributed by atoms with Crippen molar-refractivity contribution in [2.45, 2.75) is 83.3 Å². The van der Waals surface area contributed by atoms with Crippen LogP contribution in [0, 0.1) is 0 Å². The minimum absolute atomic E-state index is 0.000726. The molecule has 1 atom stereocenters. The Morgan fingerprint density at radius 3 is 1.94 bits per heavy atom. The summed E-state index contributed by atoms with van der Waals surface area (Å²) in [6.07, 6.45) is -2.41. The highest BCUT2D eigenvalue weighted by Crippen LogP contribution is 2.27. The molecule has 0 saturated carbocycles. The highest BCUT2D eigenvalue weighted by atomic mass is 79.9. The maximum absolute atomic E-state index is 14.1. The highest BCUT2D eigenvalue weighted by Gasteiger charge is 2.43. The molecule has 0 aliphatic rings. The van der Waals surface area contributed by atoms with Gasteiger partial charge in [-0.3, -0.25) is 0 Å². The number of ether oxygens (including phenoxy) is 4. The molecule has 0 aliphatic carbocycles. The van der Waals surface area contributed by atoms with Crippen molar-refractivity contribution in [2.24, 2.45) is 0 Å². The van der Waals surface area contributed by atoms with E-state index in [1.165, 1.54) is 24.3 Å². The van der Waals surface area contributed by atoms with Gasteiger partial charge in [-0.1, -0.05) is 62.2 Å². The smallest absolute Gasteiger partial charge is 0.425 e. The number of esters is 1. The van der Waals surface area contributed by atoms with Crippen molar-refractivity contribution in [3.8, 4) is 5.75 Å². The van der Waals surface area contributed by atoms with Crippen LogP contribution in [0.25, 0.3) is 0 Å². The molecule has 0 bridgehead atoms. The van der Waals surface area contributed by atoms with Gasteiger partial charge in [0.25, 0.3) is 10.0 Å². The summed E-state index contributed by atoms with van der Waals surface area (Å²) in [6.45, 7) is 9.51. The molecule has 3 aromatic carbocycles. The van der Waals surface area contributed by atoms with Crippen LogP contribution in [0.3, 0.4) is 0 Å². The highest BCUT2D eigenvalue weighted by molar-refractivity contribution is 9.11. The largest absolute Gasteiger partial charge is 0.489 e. The van der Waals surface area contributed by atoms with Gasteiger partial charge in [0, 0.05) is 15.5 Å². The fourth-order valence-electron chi connectivity index (χ4n) is 4.17. The average molecular weight is 813 g/mol. The molecule has 3 aromatic rings. The Hall–Kier alpha value is -3.62. The number of amides is 2. The number of rotatable bonds is 12. The van der Waals surface area contributed by atoms with Crippen molar-refractivity contribution in [3.63, 3.8) is 0 Å². The van der Waals surface area contributed by atoms with Crippen molar-refractivity contribution in [1.29, 1.82) is 0 Å². The molecule has 0 spiro atoms. The number of sulfonamides is 1. The predicted molar refractivity (Wildman–Crippen MR) is 187 cm³/mol. The molecule has 11 nitrogen and oxygen atoms in total. The minimum Gasteiger partial charge on any atom is -0.489 e. The van der Waals surface area contributed by atoms with Crippen molar-refractivity contribution in [1.82, 2.24) is 9.62 Å². The van der Waals surface area contributed by atoms with Gasteiger partial charge >= 0.3 is 18.2 Å². The Bertz CT molecular complexity index is 1650. The van der Waals surface area contributed by atoms with Gasteiger partial charge < -0.3 is 24.3 Å². The Kier molecular flexibility index (Phi) is 13.5. The van der Waals surface area contributed by atoms with E-state index in [1.54, 1.807) is 65.8 Å².